The normalized spacial score (nSPS) is 14.1. The zero-order valence-electron chi connectivity index (χ0n) is 11.6. The standard InChI is InChI=1S/C11H26O7Si/c1-10(2)19(14,15)18-6-3-11(17-8-5-13)9-16-7-4-12/h10-15H,3-9H2,1-2H3. The Morgan fingerprint density at radius 2 is 1.63 bits per heavy atom. The van der Waals surface area contributed by atoms with E-state index in [4.69, 9.17) is 24.1 Å². The maximum atomic E-state index is 9.62. The smallest absolute Gasteiger partial charge is 0.394 e. The fourth-order valence-electron chi connectivity index (χ4n) is 1.22. The van der Waals surface area contributed by atoms with Crippen LogP contribution in [0.5, 0.6) is 0 Å². The zero-order valence-corrected chi connectivity index (χ0v) is 12.6. The molecule has 1 unspecified atom stereocenters. The van der Waals surface area contributed by atoms with Crippen LogP contribution in [0.15, 0.2) is 0 Å². The molecule has 19 heavy (non-hydrogen) atoms. The molecule has 7 nitrogen and oxygen atoms in total. The van der Waals surface area contributed by atoms with E-state index in [1.165, 1.54) is 0 Å². The van der Waals surface area contributed by atoms with Crippen molar-refractivity contribution in [3.05, 3.63) is 0 Å². The van der Waals surface area contributed by atoms with Gasteiger partial charge in [-0.05, 0) is 6.42 Å². The highest BCUT2D eigenvalue weighted by atomic mass is 28.4. The van der Waals surface area contributed by atoms with Crippen molar-refractivity contribution in [1.82, 2.24) is 0 Å². The van der Waals surface area contributed by atoms with E-state index in [2.05, 4.69) is 0 Å². The second-order valence-corrected chi connectivity index (χ2v) is 7.23. The highest BCUT2D eigenvalue weighted by Crippen LogP contribution is 2.16. The topological polar surface area (TPSA) is 109 Å². The van der Waals surface area contributed by atoms with Crippen LogP contribution in [0.4, 0.5) is 0 Å². The Kier molecular flexibility index (Phi) is 10.7. The summed E-state index contributed by atoms with van der Waals surface area (Å²) in [6.45, 7) is 4.02. The molecule has 0 bridgehead atoms. The van der Waals surface area contributed by atoms with Crippen LogP contribution in [0, 0.1) is 0 Å². The quantitative estimate of drug-likeness (QED) is 0.273. The molecule has 0 aliphatic carbocycles. The minimum Gasteiger partial charge on any atom is -0.394 e. The molecule has 0 aliphatic rings. The van der Waals surface area contributed by atoms with Gasteiger partial charge in [0.2, 0.25) is 0 Å². The van der Waals surface area contributed by atoms with Gasteiger partial charge in [-0.15, -0.1) is 0 Å². The number of ether oxygens (including phenoxy) is 2. The van der Waals surface area contributed by atoms with Gasteiger partial charge in [0.25, 0.3) is 0 Å². The maximum Gasteiger partial charge on any atom is 0.498 e. The summed E-state index contributed by atoms with van der Waals surface area (Å²) in [6.07, 6.45) is 0.115. The van der Waals surface area contributed by atoms with E-state index in [0.29, 0.717) is 6.42 Å². The lowest BCUT2D eigenvalue weighted by Gasteiger charge is -2.23. The first-order valence-electron chi connectivity index (χ1n) is 6.43. The summed E-state index contributed by atoms with van der Waals surface area (Å²) < 4.78 is 15.6. The summed E-state index contributed by atoms with van der Waals surface area (Å²) in [5.41, 5.74) is -0.310. The Hall–Kier alpha value is -0.0631. The van der Waals surface area contributed by atoms with Gasteiger partial charge in [-0.1, -0.05) is 13.8 Å². The minimum atomic E-state index is -3.60. The summed E-state index contributed by atoms with van der Waals surface area (Å²) in [5, 5.41) is 17.3. The molecule has 0 rings (SSSR count). The van der Waals surface area contributed by atoms with Gasteiger partial charge in [0.05, 0.1) is 39.1 Å². The Labute approximate surface area is 115 Å². The SMILES string of the molecule is CC(C)[Si](O)(O)OCCC(COCCO)OCCO. The molecule has 1 atom stereocenters. The molecule has 0 aromatic carbocycles. The lowest BCUT2D eigenvalue weighted by molar-refractivity contribution is -0.0436. The first kappa shape index (κ1) is 18.9. The largest absolute Gasteiger partial charge is 0.498 e. The second-order valence-electron chi connectivity index (χ2n) is 4.47. The van der Waals surface area contributed by atoms with Crippen molar-refractivity contribution in [2.24, 2.45) is 0 Å². The van der Waals surface area contributed by atoms with Crippen LogP contribution in [0.25, 0.3) is 0 Å². The first-order valence-corrected chi connectivity index (χ1v) is 8.31. The van der Waals surface area contributed by atoms with Gasteiger partial charge in [0.1, 0.15) is 0 Å². The molecule has 0 spiro atoms. The van der Waals surface area contributed by atoms with Crippen LogP contribution in [0.1, 0.15) is 20.3 Å². The number of aliphatic hydroxyl groups is 2. The average molecular weight is 298 g/mol. The molecular weight excluding hydrogens is 272 g/mol. The average Bonchev–Trinajstić information content (AvgIpc) is 2.35. The Morgan fingerprint density at radius 3 is 2.16 bits per heavy atom. The van der Waals surface area contributed by atoms with Crippen LogP contribution in [0.3, 0.4) is 0 Å². The highest BCUT2D eigenvalue weighted by Gasteiger charge is 2.36. The number of rotatable bonds is 12. The lowest BCUT2D eigenvalue weighted by atomic mass is 10.3. The minimum absolute atomic E-state index is 0.0696. The number of hydrogen-bond donors (Lipinski definition) is 4. The molecule has 116 valence electrons. The fourth-order valence-corrected chi connectivity index (χ4v) is 1.97. The van der Waals surface area contributed by atoms with Gasteiger partial charge < -0.3 is 33.7 Å². The predicted molar refractivity (Wildman–Crippen MR) is 70.6 cm³/mol. The zero-order chi connectivity index (χ0) is 14.7. The maximum absolute atomic E-state index is 9.62. The summed E-state index contributed by atoms with van der Waals surface area (Å²) in [7, 11) is -3.60. The monoisotopic (exact) mass is 298 g/mol. The summed E-state index contributed by atoms with van der Waals surface area (Å²) in [4.78, 5) is 19.2. The van der Waals surface area contributed by atoms with E-state index in [1.807, 2.05) is 0 Å². The van der Waals surface area contributed by atoms with Gasteiger partial charge in [0, 0.05) is 12.1 Å². The highest BCUT2D eigenvalue weighted by molar-refractivity contribution is 6.59. The molecule has 4 N–H and O–H groups in total. The van der Waals surface area contributed by atoms with Crippen LogP contribution >= 0.6 is 0 Å². The van der Waals surface area contributed by atoms with E-state index < -0.39 is 8.80 Å². The summed E-state index contributed by atoms with van der Waals surface area (Å²) in [5.74, 6) is 0. The van der Waals surface area contributed by atoms with E-state index in [1.54, 1.807) is 13.8 Å². The number of hydrogen-bond acceptors (Lipinski definition) is 7. The molecule has 0 amide bonds. The third-order valence-electron chi connectivity index (χ3n) is 2.49. The molecule has 0 radical (unpaired) electrons. The Bertz CT molecular complexity index is 213. The van der Waals surface area contributed by atoms with Crippen molar-refractivity contribution in [3.63, 3.8) is 0 Å². The summed E-state index contributed by atoms with van der Waals surface area (Å²) >= 11 is 0. The molecule has 0 aromatic heterocycles. The van der Waals surface area contributed by atoms with Crippen molar-refractivity contribution in [3.8, 4) is 0 Å². The predicted octanol–water partition coefficient (Wildman–Crippen LogP) is -0.887. The molecule has 0 aromatic rings. The van der Waals surface area contributed by atoms with Crippen molar-refractivity contribution < 1.29 is 33.7 Å². The molecule has 0 saturated heterocycles. The fraction of sp³-hybridized carbons (Fsp3) is 1.00. The van der Waals surface area contributed by atoms with Crippen molar-refractivity contribution >= 4 is 8.80 Å². The van der Waals surface area contributed by atoms with Gasteiger partial charge in [0.15, 0.2) is 0 Å². The lowest BCUT2D eigenvalue weighted by Crippen LogP contribution is -2.43. The molecule has 0 heterocycles. The van der Waals surface area contributed by atoms with Gasteiger partial charge >= 0.3 is 8.80 Å². The van der Waals surface area contributed by atoms with E-state index >= 15 is 0 Å². The molecule has 8 heteroatoms. The van der Waals surface area contributed by atoms with E-state index in [0.717, 1.165) is 0 Å². The van der Waals surface area contributed by atoms with Gasteiger partial charge in [-0.2, -0.15) is 0 Å². The van der Waals surface area contributed by atoms with E-state index in [9.17, 15) is 9.59 Å². The van der Waals surface area contributed by atoms with Crippen LogP contribution in [-0.2, 0) is 13.9 Å². The van der Waals surface area contributed by atoms with Gasteiger partial charge in [-0.3, -0.25) is 0 Å². The van der Waals surface area contributed by atoms with Crippen molar-refractivity contribution in [1.29, 1.82) is 0 Å². The van der Waals surface area contributed by atoms with Crippen LogP contribution in [-0.4, -0.2) is 74.4 Å². The van der Waals surface area contributed by atoms with Gasteiger partial charge in [-0.25, -0.2) is 0 Å². The van der Waals surface area contributed by atoms with Crippen LogP contribution in [0.2, 0.25) is 5.54 Å². The molecule has 0 aliphatic heterocycles. The van der Waals surface area contributed by atoms with E-state index in [-0.39, 0.29) is 51.3 Å². The number of aliphatic hydroxyl groups excluding tert-OH is 2. The van der Waals surface area contributed by atoms with Crippen LogP contribution < -0.4 is 0 Å². The first-order chi connectivity index (χ1) is 8.94. The molecule has 0 saturated carbocycles. The second kappa shape index (κ2) is 10.7. The third-order valence-corrected chi connectivity index (χ3v) is 4.62. The third kappa shape index (κ3) is 9.47. The van der Waals surface area contributed by atoms with Crippen molar-refractivity contribution in [2.45, 2.75) is 31.9 Å². The van der Waals surface area contributed by atoms with Crippen molar-refractivity contribution in [2.75, 3.05) is 39.6 Å². The summed E-state index contributed by atoms with van der Waals surface area (Å²) in [6, 6.07) is 0. The Morgan fingerprint density at radius 1 is 1.00 bits per heavy atom. The Balaban J connectivity index is 3.96. The molecular formula is C11H26O7Si. The molecule has 0 fully saturated rings.